The summed E-state index contributed by atoms with van der Waals surface area (Å²) in [5, 5.41) is 11.2. The monoisotopic (exact) mass is 376 g/mol. The fourth-order valence-electron chi connectivity index (χ4n) is 2.01. The molecular weight excluding hydrogens is 366 g/mol. The van der Waals surface area contributed by atoms with Crippen LogP contribution in [0.5, 0.6) is 0 Å². The highest BCUT2D eigenvalue weighted by Crippen LogP contribution is 2.23. The third-order valence-electron chi connectivity index (χ3n) is 2.86. The van der Waals surface area contributed by atoms with Crippen LogP contribution in [0.1, 0.15) is 11.1 Å². The van der Waals surface area contributed by atoms with E-state index in [1.165, 1.54) is 12.1 Å². The maximum atomic E-state index is 13.3. The normalized spacial score (nSPS) is 12.4. The van der Waals surface area contributed by atoms with E-state index in [9.17, 15) is 9.50 Å². The highest BCUT2D eigenvalue weighted by atomic mass is 79.9. The molecule has 0 radical (unpaired) electrons. The van der Waals surface area contributed by atoms with E-state index in [4.69, 9.17) is 23.2 Å². The van der Waals surface area contributed by atoms with Gasteiger partial charge < -0.3 is 5.11 Å². The van der Waals surface area contributed by atoms with Crippen LogP contribution in [0.2, 0.25) is 10.0 Å². The van der Waals surface area contributed by atoms with Crippen LogP contribution in [0.15, 0.2) is 40.9 Å². The van der Waals surface area contributed by atoms with Gasteiger partial charge in [0, 0.05) is 20.9 Å². The molecule has 1 unspecified atom stereocenters. The zero-order valence-corrected chi connectivity index (χ0v) is 13.5. The smallest absolute Gasteiger partial charge is 0.124 e. The maximum Gasteiger partial charge on any atom is 0.124 e. The van der Waals surface area contributed by atoms with Gasteiger partial charge in [0.05, 0.1) is 6.10 Å². The number of hydrogen-bond donors (Lipinski definition) is 1. The largest absolute Gasteiger partial charge is 0.392 e. The summed E-state index contributed by atoms with van der Waals surface area (Å²) >= 11 is 15.1. The lowest BCUT2D eigenvalue weighted by atomic mass is 10.0. The van der Waals surface area contributed by atoms with Gasteiger partial charge in [0.1, 0.15) is 5.82 Å². The number of halogens is 4. The third-order valence-corrected chi connectivity index (χ3v) is 3.91. The van der Waals surface area contributed by atoms with Crippen LogP contribution in [0.4, 0.5) is 4.39 Å². The second-order valence-electron chi connectivity index (χ2n) is 4.58. The topological polar surface area (TPSA) is 20.2 Å². The van der Waals surface area contributed by atoms with E-state index in [1.807, 2.05) is 0 Å². The van der Waals surface area contributed by atoms with Crippen LogP contribution >= 0.6 is 39.1 Å². The van der Waals surface area contributed by atoms with Crippen LogP contribution in [-0.4, -0.2) is 11.2 Å². The molecule has 0 heterocycles. The number of aliphatic hydroxyl groups is 1. The van der Waals surface area contributed by atoms with Crippen molar-refractivity contribution in [2.75, 3.05) is 0 Å². The van der Waals surface area contributed by atoms with Gasteiger partial charge in [-0.05, 0) is 47.9 Å². The van der Waals surface area contributed by atoms with Crippen LogP contribution in [-0.2, 0) is 12.8 Å². The van der Waals surface area contributed by atoms with Gasteiger partial charge in [0.15, 0.2) is 0 Å². The van der Waals surface area contributed by atoms with Crippen molar-refractivity contribution >= 4 is 39.1 Å². The average molecular weight is 378 g/mol. The van der Waals surface area contributed by atoms with E-state index in [0.29, 0.717) is 27.4 Å². The van der Waals surface area contributed by atoms with Gasteiger partial charge in [0.2, 0.25) is 0 Å². The van der Waals surface area contributed by atoms with Crippen molar-refractivity contribution in [3.05, 3.63) is 67.9 Å². The molecule has 0 saturated carbocycles. The Morgan fingerprint density at radius 3 is 2.50 bits per heavy atom. The average Bonchev–Trinajstić information content (AvgIpc) is 2.31. The number of aliphatic hydroxyl groups excluding tert-OH is 1. The van der Waals surface area contributed by atoms with E-state index in [0.717, 1.165) is 11.1 Å². The molecule has 1 nitrogen and oxygen atoms in total. The van der Waals surface area contributed by atoms with Crippen molar-refractivity contribution in [1.82, 2.24) is 0 Å². The van der Waals surface area contributed by atoms with Gasteiger partial charge in [-0.15, -0.1) is 0 Å². The van der Waals surface area contributed by atoms with E-state index < -0.39 is 6.10 Å². The van der Waals surface area contributed by atoms with Crippen LogP contribution < -0.4 is 0 Å². The Morgan fingerprint density at radius 2 is 1.85 bits per heavy atom. The number of rotatable bonds is 4. The minimum atomic E-state index is -0.637. The molecule has 0 amide bonds. The van der Waals surface area contributed by atoms with Gasteiger partial charge in [0.25, 0.3) is 0 Å². The Balaban J connectivity index is 2.06. The first-order valence-corrected chi connectivity index (χ1v) is 7.56. The molecule has 2 rings (SSSR count). The molecule has 20 heavy (non-hydrogen) atoms. The fourth-order valence-corrected chi connectivity index (χ4v) is 3.01. The van der Waals surface area contributed by atoms with E-state index in [-0.39, 0.29) is 5.82 Å². The Hall–Kier alpha value is -0.610. The van der Waals surface area contributed by atoms with E-state index in [2.05, 4.69) is 15.9 Å². The summed E-state index contributed by atoms with van der Waals surface area (Å²) in [6, 6.07) is 9.74. The first-order valence-electron chi connectivity index (χ1n) is 6.01. The Kier molecular flexibility index (Phi) is 5.44. The van der Waals surface area contributed by atoms with Crippen molar-refractivity contribution in [3.8, 4) is 0 Å². The number of benzene rings is 2. The lowest BCUT2D eigenvalue weighted by Gasteiger charge is -2.12. The second kappa shape index (κ2) is 6.90. The molecule has 0 aliphatic heterocycles. The van der Waals surface area contributed by atoms with E-state index in [1.54, 1.807) is 24.3 Å². The summed E-state index contributed by atoms with van der Waals surface area (Å²) in [7, 11) is 0. The molecule has 2 aromatic rings. The van der Waals surface area contributed by atoms with Crippen LogP contribution in [0, 0.1) is 5.82 Å². The zero-order valence-electron chi connectivity index (χ0n) is 10.4. The zero-order chi connectivity index (χ0) is 14.7. The lowest BCUT2D eigenvalue weighted by molar-refractivity contribution is 0.175. The molecule has 0 aliphatic rings. The lowest BCUT2D eigenvalue weighted by Crippen LogP contribution is -2.14. The molecule has 0 aromatic heterocycles. The maximum absolute atomic E-state index is 13.3. The highest BCUT2D eigenvalue weighted by Gasteiger charge is 2.11. The van der Waals surface area contributed by atoms with E-state index >= 15 is 0 Å². The molecule has 1 atom stereocenters. The summed E-state index contributed by atoms with van der Waals surface area (Å²) in [5.74, 6) is -0.328. The predicted molar refractivity (Wildman–Crippen MR) is 84.0 cm³/mol. The van der Waals surface area contributed by atoms with Crippen LogP contribution in [0.25, 0.3) is 0 Å². The Bertz CT molecular complexity index is 599. The molecule has 0 spiro atoms. The third kappa shape index (κ3) is 4.45. The molecule has 106 valence electrons. The SMILES string of the molecule is OC(Cc1cc(F)cc(Br)c1)Cc1ccc(Cl)cc1Cl. The molecule has 2 aromatic carbocycles. The molecular formula is C15H12BrCl2FO. The standard InChI is InChI=1S/C15H12BrCl2FO/c16-11-3-9(4-13(19)7-11)5-14(20)6-10-1-2-12(17)8-15(10)18/h1-4,7-8,14,20H,5-6H2. The fraction of sp³-hybridized carbons (Fsp3) is 0.200. The number of hydrogen-bond acceptors (Lipinski definition) is 1. The summed E-state index contributed by atoms with van der Waals surface area (Å²) in [6.07, 6.45) is 0.113. The Labute approximate surface area is 135 Å². The quantitative estimate of drug-likeness (QED) is 0.791. The van der Waals surface area contributed by atoms with Crippen molar-refractivity contribution < 1.29 is 9.50 Å². The second-order valence-corrected chi connectivity index (χ2v) is 6.33. The van der Waals surface area contributed by atoms with Crippen molar-refractivity contribution in [2.45, 2.75) is 18.9 Å². The molecule has 0 saturated heterocycles. The van der Waals surface area contributed by atoms with Crippen LogP contribution in [0.3, 0.4) is 0 Å². The van der Waals surface area contributed by atoms with Gasteiger partial charge in [-0.1, -0.05) is 45.2 Å². The first-order chi connectivity index (χ1) is 9.44. The highest BCUT2D eigenvalue weighted by molar-refractivity contribution is 9.10. The van der Waals surface area contributed by atoms with Crippen molar-refractivity contribution in [1.29, 1.82) is 0 Å². The minimum Gasteiger partial charge on any atom is -0.392 e. The molecule has 0 aliphatic carbocycles. The van der Waals surface area contributed by atoms with Crippen molar-refractivity contribution in [2.24, 2.45) is 0 Å². The molecule has 5 heteroatoms. The molecule has 0 bridgehead atoms. The Morgan fingerprint density at radius 1 is 1.10 bits per heavy atom. The van der Waals surface area contributed by atoms with Gasteiger partial charge >= 0.3 is 0 Å². The predicted octanol–water partition coefficient (Wildman–Crippen LogP) is 5.04. The molecule has 0 fully saturated rings. The summed E-state index contributed by atoms with van der Waals surface area (Å²) in [5.41, 5.74) is 1.55. The minimum absolute atomic E-state index is 0.328. The summed E-state index contributed by atoms with van der Waals surface area (Å²) < 4.78 is 13.9. The summed E-state index contributed by atoms with van der Waals surface area (Å²) in [4.78, 5) is 0. The van der Waals surface area contributed by atoms with Crippen molar-refractivity contribution in [3.63, 3.8) is 0 Å². The van der Waals surface area contributed by atoms with Gasteiger partial charge in [-0.25, -0.2) is 4.39 Å². The van der Waals surface area contributed by atoms with Gasteiger partial charge in [-0.2, -0.15) is 0 Å². The first kappa shape index (κ1) is 15.8. The summed E-state index contributed by atoms with van der Waals surface area (Å²) in [6.45, 7) is 0. The van der Waals surface area contributed by atoms with Gasteiger partial charge in [-0.3, -0.25) is 0 Å². The molecule has 1 N–H and O–H groups in total.